The van der Waals surface area contributed by atoms with E-state index in [-0.39, 0.29) is 11.1 Å². The van der Waals surface area contributed by atoms with Gasteiger partial charge in [-0.25, -0.2) is 4.39 Å². The highest BCUT2D eigenvalue weighted by atomic mass is 35.5. The number of hydrogen-bond donors (Lipinski definition) is 2. The van der Waals surface area contributed by atoms with E-state index in [2.05, 4.69) is 5.32 Å². The summed E-state index contributed by atoms with van der Waals surface area (Å²) in [7, 11) is 1.64. The molecule has 1 aromatic rings. The molecule has 3 nitrogen and oxygen atoms in total. The fraction of sp³-hybridized carbons (Fsp3) is 0.500. The Morgan fingerprint density at radius 1 is 1.53 bits per heavy atom. The smallest absolute Gasteiger partial charge is 0.143 e. The Hall–Kier alpha value is -0.840. The molecule has 0 saturated carbocycles. The minimum Gasteiger partial charge on any atom is -0.383 e. The molecule has 1 rings (SSSR count). The Morgan fingerprint density at radius 3 is 2.88 bits per heavy atom. The first-order chi connectivity index (χ1) is 8.17. The van der Waals surface area contributed by atoms with E-state index in [9.17, 15) is 4.39 Å². The number of anilines is 1. The molecule has 0 aliphatic carbocycles. The molecule has 0 amide bonds. The fourth-order valence-corrected chi connectivity index (χ4v) is 1.70. The lowest BCUT2D eigenvalue weighted by Crippen LogP contribution is -2.25. The van der Waals surface area contributed by atoms with Crippen molar-refractivity contribution in [1.29, 1.82) is 0 Å². The zero-order valence-corrected chi connectivity index (χ0v) is 10.6. The molecule has 0 aliphatic heterocycles. The van der Waals surface area contributed by atoms with Gasteiger partial charge in [0, 0.05) is 18.8 Å². The highest BCUT2D eigenvalue weighted by Gasteiger charge is 2.09. The summed E-state index contributed by atoms with van der Waals surface area (Å²) in [5.74, 6) is -0.424. The topological polar surface area (TPSA) is 47.3 Å². The van der Waals surface area contributed by atoms with E-state index in [1.807, 2.05) is 0 Å². The van der Waals surface area contributed by atoms with Gasteiger partial charge in [0.05, 0.1) is 11.6 Å². The van der Waals surface area contributed by atoms with Crippen LogP contribution in [0, 0.1) is 5.82 Å². The lowest BCUT2D eigenvalue weighted by atomic mass is 10.1. The maximum Gasteiger partial charge on any atom is 0.143 e. The second-order valence-corrected chi connectivity index (χ2v) is 4.26. The normalized spacial score (nSPS) is 12.5. The Bertz CT molecular complexity index is 349. The van der Waals surface area contributed by atoms with Gasteiger partial charge in [-0.1, -0.05) is 11.6 Å². The molecule has 0 radical (unpaired) electrons. The van der Waals surface area contributed by atoms with Crippen molar-refractivity contribution in [3.05, 3.63) is 29.0 Å². The molecule has 0 aliphatic rings. The number of nitrogens with two attached hydrogens (primary N) is 1. The summed E-state index contributed by atoms with van der Waals surface area (Å²) in [6, 6.07) is 4.79. The lowest BCUT2D eigenvalue weighted by Gasteiger charge is -2.19. The molecule has 1 unspecified atom stereocenters. The van der Waals surface area contributed by atoms with Crippen molar-refractivity contribution in [3.63, 3.8) is 0 Å². The third kappa shape index (κ3) is 4.89. The zero-order valence-electron chi connectivity index (χ0n) is 9.88. The summed E-state index contributed by atoms with van der Waals surface area (Å²) in [4.78, 5) is 0. The van der Waals surface area contributed by atoms with Crippen LogP contribution in [0.4, 0.5) is 10.1 Å². The van der Waals surface area contributed by atoms with Gasteiger partial charge < -0.3 is 15.8 Å². The number of nitrogens with one attached hydrogen (secondary N) is 1. The van der Waals surface area contributed by atoms with Crippen molar-refractivity contribution >= 4 is 17.3 Å². The van der Waals surface area contributed by atoms with Gasteiger partial charge in [-0.05, 0) is 37.6 Å². The molecule has 17 heavy (non-hydrogen) atoms. The van der Waals surface area contributed by atoms with Crippen molar-refractivity contribution < 1.29 is 9.13 Å². The van der Waals surface area contributed by atoms with Gasteiger partial charge >= 0.3 is 0 Å². The molecule has 3 N–H and O–H groups in total. The molecule has 0 fully saturated rings. The average molecular weight is 261 g/mol. The molecule has 0 heterocycles. The molecule has 1 atom stereocenters. The van der Waals surface area contributed by atoms with Gasteiger partial charge in [0.25, 0.3) is 0 Å². The third-order valence-corrected chi connectivity index (χ3v) is 2.72. The molecule has 5 heteroatoms. The minimum absolute atomic E-state index is 0.126. The molecular weight excluding hydrogens is 243 g/mol. The van der Waals surface area contributed by atoms with Crippen molar-refractivity contribution in [2.75, 3.05) is 25.6 Å². The minimum atomic E-state index is -0.424. The predicted octanol–water partition coefficient (Wildman–Crippen LogP) is 2.64. The maximum atomic E-state index is 13.2. The van der Waals surface area contributed by atoms with Crippen molar-refractivity contribution in [1.82, 2.24) is 0 Å². The Morgan fingerprint density at radius 2 is 2.29 bits per heavy atom. The first-order valence-electron chi connectivity index (χ1n) is 5.58. The van der Waals surface area contributed by atoms with Gasteiger partial charge in [0.15, 0.2) is 0 Å². The third-order valence-electron chi connectivity index (χ3n) is 2.41. The van der Waals surface area contributed by atoms with Gasteiger partial charge in [-0.3, -0.25) is 0 Å². The SMILES string of the molecule is COCC(CCCN)Nc1ccc(Cl)c(F)c1. The zero-order chi connectivity index (χ0) is 12.7. The maximum absolute atomic E-state index is 13.2. The van der Waals surface area contributed by atoms with Crippen molar-refractivity contribution in [2.45, 2.75) is 18.9 Å². The molecule has 0 bridgehead atoms. The van der Waals surface area contributed by atoms with E-state index in [0.29, 0.717) is 18.8 Å². The van der Waals surface area contributed by atoms with Crippen LogP contribution in [0.2, 0.25) is 5.02 Å². The summed E-state index contributed by atoms with van der Waals surface area (Å²) in [6.45, 7) is 1.20. The largest absolute Gasteiger partial charge is 0.383 e. The van der Waals surface area contributed by atoms with E-state index in [0.717, 1.165) is 12.8 Å². The predicted molar refractivity (Wildman–Crippen MR) is 69.0 cm³/mol. The number of rotatable bonds is 7. The standard InChI is InChI=1S/C12H18ClFN2O/c1-17-8-10(3-2-6-15)16-9-4-5-11(13)12(14)7-9/h4-5,7,10,16H,2-3,6,8,15H2,1H3. The molecule has 0 aromatic heterocycles. The van der Waals surface area contributed by atoms with Crippen LogP contribution in [0.25, 0.3) is 0 Å². The van der Waals surface area contributed by atoms with Crippen LogP contribution in [-0.4, -0.2) is 26.3 Å². The van der Waals surface area contributed by atoms with E-state index in [4.69, 9.17) is 22.1 Å². The highest BCUT2D eigenvalue weighted by molar-refractivity contribution is 6.30. The summed E-state index contributed by atoms with van der Waals surface area (Å²) in [5, 5.41) is 3.33. The van der Waals surface area contributed by atoms with Gasteiger partial charge in [0.1, 0.15) is 5.82 Å². The number of methoxy groups -OCH3 is 1. The number of hydrogen-bond acceptors (Lipinski definition) is 3. The summed E-state index contributed by atoms with van der Waals surface area (Å²) in [5.41, 5.74) is 6.16. The number of benzene rings is 1. The Kier molecular flexibility index (Phi) is 6.26. The van der Waals surface area contributed by atoms with E-state index < -0.39 is 5.82 Å². The Labute approximate surface area is 106 Å². The highest BCUT2D eigenvalue weighted by Crippen LogP contribution is 2.19. The van der Waals surface area contributed by atoms with E-state index in [1.165, 1.54) is 12.1 Å². The van der Waals surface area contributed by atoms with Crippen molar-refractivity contribution in [3.8, 4) is 0 Å². The molecule has 1 aromatic carbocycles. The second-order valence-electron chi connectivity index (χ2n) is 3.86. The molecule has 96 valence electrons. The second kappa shape index (κ2) is 7.48. The first-order valence-corrected chi connectivity index (χ1v) is 5.95. The van der Waals surface area contributed by atoms with Crippen molar-refractivity contribution in [2.24, 2.45) is 5.73 Å². The molecule has 0 saturated heterocycles. The molecular formula is C12H18ClFN2O. The number of ether oxygens (including phenoxy) is 1. The number of halogens is 2. The van der Waals surface area contributed by atoms with Crippen LogP contribution < -0.4 is 11.1 Å². The lowest BCUT2D eigenvalue weighted by molar-refractivity contribution is 0.182. The van der Waals surface area contributed by atoms with Crippen LogP contribution in [-0.2, 0) is 4.74 Å². The van der Waals surface area contributed by atoms with Crippen LogP contribution in [0.3, 0.4) is 0 Å². The summed E-state index contributed by atoms with van der Waals surface area (Å²) < 4.78 is 18.3. The van der Waals surface area contributed by atoms with Crippen LogP contribution >= 0.6 is 11.6 Å². The quantitative estimate of drug-likeness (QED) is 0.792. The Balaban J connectivity index is 2.61. The summed E-state index contributed by atoms with van der Waals surface area (Å²) in [6.07, 6.45) is 1.78. The van der Waals surface area contributed by atoms with Gasteiger partial charge in [-0.15, -0.1) is 0 Å². The van der Waals surface area contributed by atoms with Gasteiger partial charge in [-0.2, -0.15) is 0 Å². The van der Waals surface area contributed by atoms with Crippen LogP contribution in [0.15, 0.2) is 18.2 Å². The summed E-state index contributed by atoms with van der Waals surface area (Å²) >= 11 is 5.62. The van der Waals surface area contributed by atoms with E-state index in [1.54, 1.807) is 13.2 Å². The van der Waals surface area contributed by atoms with Crippen LogP contribution in [0.5, 0.6) is 0 Å². The fourth-order valence-electron chi connectivity index (χ4n) is 1.58. The monoisotopic (exact) mass is 260 g/mol. The molecule has 0 spiro atoms. The van der Waals surface area contributed by atoms with Crippen LogP contribution in [0.1, 0.15) is 12.8 Å². The first kappa shape index (κ1) is 14.2. The average Bonchev–Trinajstić information content (AvgIpc) is 2.31. The van der Waals surface area contributed by atoms with Gasteiger partial charge in [0.2, 0.25) is 0 Å². The van der Waals surface area contributed by atoms with E-state index >= 15 is 0 Å².